The monoisotopic (exact) mass is 216 g/mol. The van der Waals surface area contributed by atoms with Crippen molar-refractivity contribution in [2.45, 2.75) is 6.18 Å². The van der Waals surface area contributed by atoms with Crippen molar-refractivity contribution < 1.29 is 38.0 Å². The van der Waals surface area contributed by atoms with Crippen LogP contribution in [0.4, 0.5) is 13.2 Å². The number of halogens is 5. The maximum Gasteiger partial charge on any atom is 0.416 e. The summed E-state index contributed by atoms with van der Waals surface area (Å²) in [6.45, 7) is 0. The topological polar surface area (TPSA) is 0 Å². The predicted molar refractivity (Wildman–Crippen MR) is 31.4 cm³/mol. The third kappa shape index (κ3) is 3.83. The standard InChI is InChI=1S/C7H5F3.2ClH/c8-7(9,10)6-4-2-1-3-5-6;;/h1-5H;2*1H/p-2. The molecule has 0 N–H and O–H groups in total. The van der Waals surface area contributed by atoms with Gasteiger partial charge >= 0.3 is 6.18 Å². The molecule has 0 spiro atoms. The quantitative estimate of drug-likeness (QED) is 0.427. The molecule has 1 aromatic carbocycles. The Morgan fingerprint density at radius 3 is 1.50 bits per heavy atom. The van der Waals surface area contributed by atoms with Crippen molar-refractivity contribution in [3.05, 3.63) is 35.9 Å². The van der Waals surface area contributed by atoms with Gasteiger partial charge in [0.05, 0.1) is 5.56 Å². The lowest BCUT2D eigenvalue weighted by atomic mass is 10.2. The minimum atomic E-state index is -4.21. The van der Waals surface area contributed by atoms with Gasteiger partial charge in [-0.3, -0.25) is 0 Å². The lowest BCUT2D eigenvalue weighted by Gasteiger charge is -2.03. The van der Waals surface area contributed by atoms with Gasteiger partial charge < -0.3 is 24.8 Å². The van der Waals surface area contributed by atoms with E-state index in [-0.39, 0.29) is 24.8 Å². The van der Waals surface area contributed by atoms with Crippen LogP contribution in [0.5, 0.6) is 0 Å². The first-order valence-corrected chi connectivity index (χ1v) is 2.73. The van der Waals surface area contributed by atoms with Crippen molar-refractivity contribution >= 4 is 0 Å². The number of alkyl halides is 3. The largest absolute Gasteiger partial charge is 1.00 e. The van der Waals surface area contributed by atoms with Crippen LogP contribution in [0, 0.1) is 0 Å². The number of hydrogen-bond donors (Lipinski definition) is 0. The van der Waals surface area contributed by atoms with Crippen molar-refractivity contribution in [3.8, 4) is 0 Å². The SMILES string of the molecule is FC(F)(F)c1ccccc1.[Cl-].[Cl-]. The molecule has 70 valence electrons. The fourth-order valence-corrected chi connectivity index (χ4v) is 0.627. The molecule has 0 saturated heterocycles. The molecule has 0 bridgehead atoms. The number of rotatable bonds is 0. The molecule has 0 atom stereocenters. The van der Waals surface area contributed by atoms with Crippen LogP contribution in [0.1, 0.15) is 5.56 Å². The van der Waals surface area contributed by atoms with Gasteiger partial charge in [-0.05, 0) is 0 Å². The average molecular weight is 217 g/mol. The second kappa shape index (κ2) is 5.27. The van der Waals surface area contributed by atoms with Gasteiger partial charge in [0, 0.05) is 0 Å². The minimum Gasteiger partial charge on any atom is -1.00 e. The Kier molecular flexibility index (Phi) is 6.21. The van der Waals surface area contributed by atoms with E-state index < -0.39 is 11.7 Å². The fourth-order valence-electron chi connectivity index (χ4n) is 0.627. The van der Waals surface area contributed by atoms with E-state index in [4.69, 9.17) is 0 Å². The van der Waals surface area contributed by atoms with Gasteiger partial charge in [0.15, 0.2) is 0 Å². The van der Waals surface area contributed by atoms with Gasteiger partial charge in [-0.25, -0.2) is 0 Å². The van der Waals surface area contributed by atoms with Gasteiger partial charge in [-0.1, -0.05) is 30.3 Å². The summed E-state index contributed by atoms with van der Waals surface area (Å²) in [6.07, 6.45) is -4.21. The molecule has 0 fully saturated rings. The van der Waals surface area contributed by atoms with Crippen molar-refractivity contribution in [1.82, 2.24) is 0 Å². The van der Waals surface area contributed by atoms with Crippen LogP contribution in [-0.4, -0.2) is 0 Å². The molecular formula is C7H5Cl2F3-2. The highest BCUT2D eigenvalue weighted by atomic mass is 35.5. The zero-order valence-corrected chi connectivity index (χ0v) is 7.29. The summed E-state index contributed by atoms with van der Waals surface area (Å²) >= 11 is 0. The molecule has 0 radical (unpaired) electrons. The molecule has 5 heteroatoms. The molecule has 1 aromatic rings. The van der Waals surface area contributed by atoms with Crippen LogP contribution >= 0.6 is 0 Å². The van der Waals surface area contributed by atoms with Crippen LogP contribution in [0.25, 0.3) is 0 Å². The Morgan fingerprint density at radius 1 is 0.833 bits per heavy atom. The van der Waals surface area contributed by atoms with E-state index in [0.29, 0.717) is 0 Å². The number of benzene rings is 1. The Morgan fingerprint density at radius 2 is 1.25 bits per heavy atom. The van der Waals surface area contributed by atoms with Crippen molar-refractivity contribution in [2.75, 3.05) is 0 Å². The minimum absolute atomic E-state index is 0. The molecular weight excluding hydrogens is 212 g/mol. The van der Waals surface area contributed by atoms with Crippen LogP contribution in [-0.2, 0) is 6.18 Å². The zero-order chi connectivity index (χ0) is 7.61. The molecule has 0 amide bonds. The molecule has 0 nitrogen and oxygen atoms in total. The van der Waals surface area contributed by atoms with Gasteiger partial charge in [0.2, 0.25) is 0 Å². The highest BCUT2D eigenvalue weighted by molar-refractivity contribution is 5.17. The summed E-state index contributed by atoms with van der Waals surface area (Å²) < 4.78 is 35.4. The third-order valence-corrected chi connectivity index (χ3v) is 1.10. The third-order valence-electron chi connectivity index (χ3n) is 1.10. The normalized spacial score (nSPS) is 9.58. The summed E-state index contributed by atoms with van der Waals surface area (Å²) in [5.74, 6) is 0. The summed E-state index contributed by atoms with van der Waals surface area (Å²) in [4.78, 5) is 0. The molecule has 12 heavy (non-hydrogen) atoms. The smallest absolute Gasteiger partial charge is 0.416 e. The van der Waals surface area contributed by atoms with E-state index in [1.165, 1.54) is 12.1 Å². The zero-order valence-electron chi connectivity index (χ0n) is 5.78. The van der Waals surface area contributed by atoms with Crippen molar-refractivity contribution in [3.63, 3.8) is 0 Å². The summed E-state index contributed by atoms with van der Waals surface area (Å²) in [5, 5.41) is 0. The molecule has 0 aliphatic rings. The first kappa shape index (κ1) is 14.1. The van der Waals surface area contributed by atoms with E-state index in [1.54, 1.807) is 6.07 Å². The Labute approximate surface area is 80.6 Å². The van der Waals surface area contributed by atoms with Gasteiger partial charge in [-0.2, -0.15) is 13.2 Å². The Hall–Kier alpha value is -0.410. The molecule has 0 unspecified atom stereocenters. The first-order chi connectivity index (χ1) is 4.61. The highest BCUT2D eigenvalue weighted by Crippen LogP contribution is 2.28. The Bertz CT molecular complexity index is 208. The first-order valence-electron chi connectivity index (χ1n) is 2.73. The fraction of sp³-hybridized carbons (Fsp3) is 0.143. The summed E-state index contributed by atoms with van der Waals surface area (Å²) in [6, 6.07) is 6.36. The van der Waals surface area contributed by atoms with E-state index >= 15 is 0 Å². The van der Waals surface area contributed by atoms with E-state index in [0.717, 1.165) is 12.1 Å². The number of hydrogen-bond acceptors (Lipinski definition) is 0. The van der Waals surface area contributed by atoms with E-state index in [9.17, 15) is 13.2 Å². The van der Waals surface area contributed by atoms with E-state index in [2.05, 4.69) is 0 Å². The molecule has 0 aliphatic heterocycles. The maximum atomic E-state index is 11.8. The molecule has 0 aliphatic carbocycles. The Balaban J connectivity index is 0. The highest BCUT2D eigenvalue weighted by Gasteiger charge is 2.29. The molecule has 1 rings (SSSR count). The van der Waals surface area contributed by atoms with Gasteiger partial charge in [-0.15, -0.1) is 0 Å². The molecule has 0 saturated carbocycles. The lowest BCUT2D eigenvalue weighted by Crippen LogP contribution is -3.00. The van der Waals surface area contributed by atoms with Crippen molar-refractivity contribution in [1.29, 1.82) is 0 Å². The second-order valence-electron chi connectivity index (χ2n) is 1.86. The summed E-state index contributed by atoms with van der Waals surface area (Å²) in [7, 11) is 0. The van der Waals surface area contributed by atoms with Crippen LogP contribution in [0.3, 0.4) is 0 Å². The average Bonchev–Trinajstić information content (AvgIpc) is 1.88. The van der Waals surface area contributed by atoms with Crippen molar-refractivity contribution in [2.24, 2.45) is 0 Å². The molecule has 0 aromatic heterocycles. The van der Waals surface area contributed by atoms with Gasteiger partial charge in [0.1, 0.15) is 0 Å². The lowest BCUT2D eigenvalue weighted by molar-refractivity contribution is -0.137. The van der Waals surface area contributed by atoms with Crippen LogP contribution < -0.4 is 24.8 Å². The van der Waals surface area contributed by atoms with Crippen LogP contribution in [0.15, 0.2) is 30.3 Å². The van der Waals surface area contributed by atoms with Crippen LogP contribution in [0.2, 0.25) is 0 Å². The van der Waals surface area contributed by atoms with Gasteiger partial charge in [0.25, 0.3) is 0 Å². The second-order valence-corrected chi connectivity index (χ2v) is 1.86. The van der Waals surface area contributed by atoms with E-state index in [1.807, 2.05) is 0 Å². The molecule has 0 heterocycles. The predicted octanol–water partition coefficient (Wildman–Crippen LogP) is -3.29. The summed E-state index contributed by atoms with van der Waals surface area (Å²) in [5.41, 5.74) is -0.602. The maximum absolute atomic E-state index is 11.8.